The van der Waals surface area contributed by atoms with Crippen LogP contribution in [0, 0.1) is 5.82 Å². The van der Waals surface area contributed by atoms with Gasteiger partial charge in [0.25, 0.3) is 5.91 Å². The van der Waals surface area contributed by atoms with Gasteiger partial charge in [-0.15, -0.1) is 0 Å². The number of sulfonamides is 1. The topological polar surface area (TPSA) is 127 Å². The Labute approximate surface area is 188 Å². The Balaban J connectivity index is 1.43. The van der Waals surface area contributed by atoms with E-state index < -0.39 is 21.7 Å². The number of nitrogens with zero attached hydrogens (tertiary/aromatic N) is 4. The molecule has 0 bridgehead atoms. The van der Waals surface area contributed by atoms with Gasteiger partial charge in [-0.05, 0) is 43.2 Å². The largest absolute Gasteiger partial charge is 0.319 e. The van der Waals surface area contributed by atoms with E-state index >= 15 is 0 Å². The number of pyridine rings is 2. The van der Waals surface area contributed by atoms with E-state index in [4.69, 9.17) is 0 Å². The fourth-order valence-corrected chi connectivity index (χ4v) is 4.69. The van der Waals surface area contributed by atoms with E-state index in [9.17, 15) is 17.6 Å². The molecule has 1 fully saturated rings. The van der Waals surface area contributed by atoms with Crippen LogP contribution in [0.15, 0.2) is 61.3 Å². The summed E-state index contributed by atoms with van der Waals surface area (Å²) in [5, 5.41) is 2.97. The van der Waals surface area contributed by atoms with Crippen molar-refractivity contribution in [3.05, 3.63) is 73.0 Å². The van der Waals surface area contributed by atoms with Crippen molar-refractivity contribution < 1.29 is 17.6 Å². The molecule has 3 aromatic heterocycles. The van der Waals surface area contributed by atoms with Crippen LogP contribution in [0.3, 0.4) is 0 Å². The fourth-order valence-electron chi connectivity index (χ4n) is 3.31. The van der Waals surface area contributed by atoms with E-state index in [0.717, 1.165) is 6.20 Å². The predicted octanol–water partition coefficient (Wildman–Crippen LogP) is 3.38. The average Bonchev–Trinajstić information content (AvgIpc) is 3.66. The minimum absolute atomic E-state index is 0.123. The summed E-state index contributed by atoms with van der Waals surface area (Å²) in [4.78, 5) is 29.0. The zero-order valence-electron chi connectivity index (χ0n) is 17.1. The molecule has 0 spiro atoms. The van der Waals surface area contributed by atoms with Gasteiger partial charge in [0, 0.05) is 41.3 Å². The van der Waals surface area contributed by atoms with Crippen molar-refractivity contribution in [3.63, 3.8) is 0 Å². The van der Waals surface area contributed by atoms with Crippen LogP contribution in [0.25, 0.3) is 22.0 Å². The first kappa shape index (κ1) is 20.9. The summed E-state index contributed by atoms with van der Waals surface area (Å²) in [6, 6.07) is 7.88. The first-order valence-electron chi connectivity index (χ1n) is 10.0. The second kappa shape index (κ2) is 8.17. The highest BCUT2D eigenvalue weighted by molar-refractivity contribution is 7.93. The minimum atomic E-state index is -3.42. The highest BCUT2D eigenvalue weighted by Crippen LogP contribution is 2.31. The van der Waals surface area contributed by atoms with Gasteiger partial charge in [0.2, 0.25) is 15.8 Å². The summed E-state index contributed by atoms with van der Waals surface area (Å²) in [7, 11) is -3.42. The Morgan fingerprint density at radius 2 is 1.79 bits per heavy atom. The molecule has 1 amide bonds. The molecule has 1 aromatic carbocycles. The lowest BCUT2D eigenvalue weighted by Gasteiger charge is -2.11. The van der Waals surface area contributed by atoms with Gasteiger partial charge < -0.3 is 5.32 Å². The van der Waals surface area contributed by atoms with Crippen molar-refractivity contribution in [2.45, 2.75) is 18.1 Å². The SMILES string of the molecule is O=C(Nc1ccncc1-c1ccncc1F)c1ncc2ccc(NS(=O)(=O)C3CC3)cc2n1. The molecule has 1 saturated carbocycles. The van der Waals surface area contributed by atoms with E-state index in [-0.39, 0.29) is 16.6 Å². The van der Waals surface area contributed by atoms with Crippen molar-refractivity contribution in [2.24, 2.45) is 0 Å². The molecule has 3 heterocycles. The van der Waals surface area contributed by atoms with E-state index in [1.54, 1.807) is 24.3 Å². The van der Waals surface area contributed by atoms with E-state index in [1.165, 1.54) is 30.9 Å². The molecular weight excluding hydrogens is 447 g/mol. The van der Waals surface area contributed by atoms with Gasteiger partial charge in [0.15, 0.2) is 0 Å². The van der Waals surface area contributed by atoms with Crippen molar-refractivity contribution in [2.75, 3.05) is 10.0 Å². The van der Waals surface area contributed by atoms with Crippen LogP contribution in [0.2, 0.25) is 0 Å². The first-order chi connectivity index (χ1) is 15.9. The van der Waals surface area contributed by atoms with Gasteiger partial charge in [-0.2, -0.15) is 0 Å². The number of carbonyl (C=O) groups excluding carboxylic acids is 1. The van der Waals surface area contributed by atoms with Gasteiger partial charge in [-0.25, -0.2) is 22.8 Å². The third-order valence-corrected chi connectivity index (χ3v) is 7.01. The number of amides is 1. The lowest BCUT2D eigenvalue weighted by atomic mass is 10.1. The Morgan fingerprint density at radius 1 is 1.00 bits per heavy atom. The standard InChI is InChI=1S/C22H17FN6O3S/c23-18-12-25-7-5-16(18)17-11-24-8-6-19(17)28-22(30)21-26-10-13-1-2-14(9-20(13)27-21)29-33(31,32)15-3-4-15/h1-2,5-12,15,29H,3-4H2,(H,24,28,30). The summed E-state index contributed by atoms with van der Waals surface area (Å²) in [5.74, 6) is -1.28. The maximum Gasteiger partial charge on any atom is 0.293 e. The normalized spacial score (nSPS) is 13.6. The maximum atomic E-state index is 14.2. The molecule has 1 aliphatic rings. The quantitative estimate of drug-likeness (QED) is 0.448. The van der Waals surface area contributed by atoms with Crippen molar-refractivity contribution in [3.8, 4) is 11.1 Å². The molecule has 4 aromatic rings. The zero-order chi connectivity index (χ0) is 23.0. The molecule has 0 unspecified atom stereocenters. The van der Waals surface area contributed by atoms with Crippen LogP contribution in [-0.2, 0) is 10.0 Å². The van der Waals surface area contributed by atoms with Crippen LogP contribution >= 0.6 is 0 Å². The Morgan fingerprint density at radius 3 is 2.58 bits per heavy atom. The molecule has 166 valence electrons. The molecule has 2 N–H and O–H groups in total. The lowest BCUT2D eigenvalue weighted by Crippen LogP contribution is -2.17. The average molecular weight is 464 g/mol. The number of rotatable bonds is 6. The Bertz CT molecular complexity index is 1490. The number of benzene rings is 1. The summed E-state index contributed by atoms with van der Waals surface area (Å²) >= 11 is 0. The maximum absolute atomic E-state index is 14.2. The van der Waals surface area contributed by atoms with E-state index in [2.05, 4.69) is 30.0 Å². The highest BCUT2D eigenvalue weighted by atomic mass is 32.2. The molecule has 0 atom stereocenters. The molecule has 33 heavy (non-hydrogen) atoms. The molecule has 1 aliphatic carbocycles. The monoisotopic (exact) mass is 464 g/mol. The van der Waals surface area contributed by atoms with Crippen LogP contribution in [-0.4, -0.2) is 39.5 Å². The summed E-state index contributed by atoms with van der Waals surface area (Å²) < 4.78 is 41.2. The number of aromatic nitrogens is 4. The molecular formula is C22H17FN6O3S. The van der Waals surface area contributed by atoms with Crippen LogP contribution in [0.5, 0.6) is 0 Å². The third-order valence-electron chi connectivity index (χ3n) is 5.14. The molecule has 0 saturated heterocycles. The Hall–Kier alpha value is -3.99. The highest BCUT2D eigenvalue weighted by Gasteiger charge is 2.35. The smallest absolute Gasteiger partial charge is 0.293 e. The van der Waals surface area contributed by atoms with Gasteiger partial charge in [0.1, 0.15) is 5.82 Å². The number of halogens is 1. The summed E-state index contributed by atoms with van der Waals surface area (Å²) in [6.45, 7) is 0. The second-order valence-corrected chi connectivity index (χ2v) is 9.51. The van der Waals surface area contributed by atoms with E-state index in [1.807, 2.05) is 0 Å². The molecule has 0 aliphatic heterocycles. The fraction of sp³-hybridized carbons (Fsp3) is 0.136. The van der Waals surface area contributed by atoms with Crippen molar-refractivity contribution >= 4 is 38.2 Å². The summed E-state index contributed by atoms with van der Waals surface area (Å²) in [6.07, 6.45) is 8.21. The number of nitrogens with one attached hydrogen (secondary N) is 2. The van der Waals surface area contributed by atoms with Gasteiger partial charge in [0.05, 0.1) is 28.3 Å². The molecule has 11 heteroatoms. The third kappa shape index (κ3) is 4.35. The number of anilines is 2. The number of fused-ring (bicyclic) bond motifs is 1. The van der Waals surface area contributed by atoms with Crippen LogP contribution in [0.1, 0.15) is 23.5 Å². The molecule has 5 rings (SSSR count). The van der Waals surface area contributed by atoms with Crippen molar-refractivity contribution in [1.82, 2.24) is 19.9 Å². The van der Waals surface area contributed by atoms with Gasteiger partial charge >= 0.3 is 0 Å². The second-order valence-electron chi connectivity index (χ2n) is 7.54. The van der Waals surface area contributed by atoms with E-state index in [0.29, 0.717) is 40.7 Å². The molecule has 9 nitrogen and oxygen atoms in total. The van der Waals surface area contributed by atoms with Crippen LogP contribution < -0.4 is 10.0 Å². The zero-order valence-corrected chi connectivity index (χ0v) is 17.9. The van der Waals surface area contributed by atoms with Gasteiger partial charge in [-0.3, -0.25) is 19.5 Å². The minimum Gasteiger partial charge on any atom is -0.319 e. The first-order valence-corrected chi connectivity index (χ1v) is 11.6. The number of carbonyl (C=O) groups is 1. The van der Waals surface area contributed by atoms with Gasteiger partial charge in [-0.1, -0.05) is 0 Å². The van der Waals surface area contributed by atoms with Crippen LogP contribution in [0.4, 0.5) is 15.8 Å². The number of hydrogen-bond acceptors (Lipinski definition) is 7. The lowest BCUT2D eigenvalue weighted by molar-refractivity contribution is 0.101. The predicted molar refractivity (Wildman–Crippen MR) is 120 cm³/mol. The number of hydrogen-bond donors (Lipinski definition) is 2. The van der Waals surface area contributed by atoms with Crippen molar-refractivity contribution in [1.29, 1.82) is 0 Å². The molecule has 0 radical (unpaired) electrons. The summed E-state index contributed by atoms with van der Waals surface area (Å²) in [5.41, 5.74) is 1.71. The Kier molecular flexibility index (Phi) is 5.17.